The largest absolute Gasteiger partial charge is 0.0859 e. The third-order valence-electron chi connectivity index (χ3n) is 3.86. The predicted molar refractivity (Wildman–Crippen MR) is 75.7 cm³/mol. The number of rotatable bonds is 8. The summed E-state index contributed by atoms with van der Waals surface area (Å²) < 4.78 is 0. The smallest absolute Gasteiger partial charge is 0.0348 e. The summed E-state index contributed by atoms with van der Waals surface area (Å²) in [5, 5.41) is 0. The lowest BCUT2D eigenvalue weighted by Crippen LogP contribution is -2.11. The summed E-state index contributed by atoms with van der Waals surface area (Å²) in [6.07, 6.45) is 9.11. The minimum Gasteiger partial charge on any atom is -0.0859 e. The summed E-state index contributed by atoms with van der Waals surface area (Å²) >= 11 is 0. The van der Waals surface area contributed by atoms with Crippen LogP contribution >= 0.6 is 0 Å². The van der Waals surface area contributed by atoms with Gasteiger partial charge in [0.25, 0.3) is 0 Å². The summed E-state index contributed by atoms with van der Waals surface area (Å²) in [5.41, 5.74) is 1.46. The van der Waals surface area contributed by atoms with Gasteiger partial charge in [-0.1, -0.05) is 52.2 Å². The van der Waals surface area contributed by atoms with Crippen LogP contribution in [0.3, 0.4) is 0 Å². The van der Waals surface area contributed by atoms with Crippen LogP contribution in [-0.2, 0) is 0 Å². The second-order valence-electron chi connectivity index (χ2n) is 5.92. The van der Waals surface area contributed by atoms with Gasteiger partial charge < -0.3 is 0 Å². The number of hydrogen-bond donors (Lipinski definition) is 0. The van der Waals surface area contributed by atoms with Crippen LogP contribution in [0.2, 0.25) is 0 Å². The Labute approximate surface area is 104 Å². The van der Waals surface area contributed by atoms with E-state index in [4.69, 9.17) is 0 Å². The third-order valence-corrected chi connectivity index (χ3v) is 3.86. The van der Waals surface area contributed by atoms with Crippen LogP contribution in [0.25, 0.3) is 0 Å². The molecule has 0 aliphatic rings. The van der Waals surface area contributed by atoms with Crippen molar-refractivity contribution < 1.29 is 0 Å². The molecule has 0 spiro atoms. The maximum atomic E-state index is 2.43. The van der Waals surface area contributed by atoms with E-state index in [0.29, 0.717) is 0 Å². The van der Waals surface area contributed by atoms with E-state index in [1.54, 1.807) is 0 Å². The second kappa shape index (κ2) is 8.84. The molecule has 0 nitrogen and oxygen atoms in total. The fraction of sp³-hybridized carbons (Fsp3) is 0.875. The lowest BCUT2D eigenvalue weighted by atomic mass is 9.84. The molecule has 0 aromatic carbocycles. The first-order chi connectivity index (χ1) is 7.47. The molecule has 0 N–H and O–H groups in total. The van der Waals surface area contributed by atoms with Gasteiger partial charge in [-0.2, -0.15) is 0 Å². The highest BCUT2D eigenvalue weighted by Gasteiger charge is 2.14. The van der Waals surface area contributed by atoms with E-state index in [9.17, 15) is 0 Å². The van der Waals surface area contributed by atoms with Crippen molar-refractivity contribution in [1.29, 1.82) is 0 Å². The molecular weight excluding hydrogens is 192 g/mol. The van der Waals surface area contributed by atoms with Crippen LogP contribution in [0.1, 0.15) is 73.6 Å². The van der Waals surface area contributed by atoms with Crippen molar-refractivity contribution in [2.45, 2.75) is 73.6 Å². The second-order valence-corrected chi connectivity index (χ2v) is 5.92. The summed E-state index contributed by atoms with van der Waals surface area (Å²) in [7, 11) is 0. The molecule has 96 valence electrons. The van der Waals surface area contributed by atoms with Crippen LogP contribution in [0.15, 0.2) is 11.6 Å². The van der Waals surface area contributed by atoms with Gasteiger partial charge in [0.2, 0.25) is 0 Å². The van der Waals surface area contributed by atoms with Gasteiger partial charge in [-0.05, 0) is 50.9 Å². The average molecular weight is 224 g/mol. The Morgan fingerprint density at radius 2 is 1.69 bits per heavy atom. The Hall–Kier alpha value is -0.260. The third kappa shape index (κ3) is 7.96. The highest BCUT2D eigenvalue weighted by atomic mass is 14.2. The molecule has 0 fully saturated rings. The van der Waals surface area contributed by atoms with E-state index < -0.39 is 0 Å². The first kappa shape index (κ1) is 15.7. The molecule has 0 bridgehead atoms. The molecule has 0 aromatic rings. The lowest BCUT2D eigenvalue weighted by Gasteiger charge is -2.22. The first-order valence-electron chi connectivity index (χ1n) is 7.10. The minimum atomic E-state index is 0.888. The van der Waals surface area contributed by atoms with Gasteiger partial charge in [-0.3, -0.25) is 0 Å². The summed E-state index contributed by atoms with van der Waals surface area (Å²) in [4.78, 5) is 0. The Morgan fingerprint density at radius 1 is 1.06 bits per heavy atom. The Kier molecular flexibility index (Phi) is 8.70. The minimum absolute atomic E-state index is 0.888. The highest BCUT2D eigenvalue weighted by molar-refractivity contribution is 4.92. The quantitative estimate of drug-likeness (QED) is 0.359. The van der Waals surface area contributed by atoms with E-state index in [1.165, 1.54) is 37.7 Å². The average Bonchev–Trinajstić information content (AvgIpc) is 2.23. The van der Waals surface area contributed by atoms with Crippen LogP contribution in [0, 0.1) is 17.8 Å². The summed E-state index contributed by atoms with van der Waals surface area (Å²) in [6, 6.07) is 0. The van der Waals surface area contributed by atoms with Crippen molar-refractivity contribution in [3.8, 4) is 0 Å². The van der Waals surface area contributed by atoms with E-state index in [-0.39, 0.29) is 0 Å². The van der Waals surface area contributed by atoms with Crippen molar-refractivity contribution in [3.63, 3.8) is 0 Å². The van der Waals surface area contributed by atoms with Crippen molar-refractivity contribution in [3.05, 3.63) is 11.6 Å². The molecule has 0 amide bonds. The first-order valence-corrected chi connectivity index (χ1v) is 7.10. The zero-order chi connectivity index (χ0) is 12.6. The zero-order valence-electron chi connectivity index (χ0n) is 12.3. The van der Waals surface area contributed by atoms with Crippen LogP contribution in [-0.4, -0.2) is 0 Å². The number of unbranched alkanes of at least 4 members (excludes halogenated alkanes) is 1. The van der Waals surface area contributed by atoms with E-state index in [0.717, 1.165) is 17.8 Å². The van der Waals surface area contributed by atoms with Crippen LogP contribution in [0.5, 0.6) is 0 Å². The fourth-order valence-electron chi connectivity index (χ4n) is 2.15. The maximum absolute atomic E-state index is 2.43. The van der Waals surface area contributed by atoms with Gasteiger partial charge in [-0.15, -0.1) is 0 Å². The molecule has 3 unspecified atom stereocenters. The molecule has 0 radical (unpaired) electrons. The summed E-state index contributed by atoms with van der Waals surface area (Å²) in [6.45, 7) is 13.9. The summed E-state index contributed by atoms with van der Waals surface area (Å²) in [5.74, 6) is 2.68. The van der Waals surface area contributed by atoms with E-state index in [1.807, 2.05) is 0 Å². The molecule has 0 heterocycles. The van der Waals surface area contributed by atoms with Crippen molar-refractivity contribution in [2.75, 3.05) is 0 Å². The van der Waals surface area contributed by atoms with Gasteiger partial charge in [0.05, 0.1) is 0 Å². The van der Waals surface area contributed by atoms with E-state index in [2.05, 4.69) is 47.6 Å². The standard InChI is InChI=1S/C16H32/c1-7-14(4)12-16(6)15(5)11-9-8-10-13(2)3/h10,14-16H,7-9,11-12H2,1-6H3. The molecule has 16 heavy (non-hydrogen) atoms. The number of allylic oxidation sites excluding steroid dienone is 2. The monoisotopic (exact) mass is 224 g/mol. The Bertz CT molecular complexity index is 186. The van der Waals surface area contributed by atoms with E-state index >= 15 is 0 Å². The molecule has 0 aliphatic heterocycles. The predicted octanol–water partition coefficient (Wildman–Crippen LogP) is 5.83. The molecule has 0 saturated carbocycles. The lowest BCUT2D eigenvalue weighted by molar-refractivity contribution is 0.292. The zero-order valence-corrected chi connectivity index (χ0v) is 12.3. The van der Waals surface area contributed by atoms with Gasteiger partial charge in [0.1, 0.15) is 0 Å². The normalized spacial score (nSPS) is 16.6. The van der Waals surface area contributed by atoms with Crippen molar-refractivity contribution in [1.82, 2.24) is 0 Å². The highest BCUT2D eigenvalue weighted by Crippen LogP contribution is 2.25. The number of hydrogen-bond acceptors (Lipinski definition) is 0. The van der Waals surface area contributed by atoms with Gasteiger partial charge in [-0.25, -0.2) is 0 Å². The molecular formula is C16H32. The molecule has 0 heteroatoms. The fourth-order valence-corrected chi connectivity index (χ4v) is 2.15. The van der Waals surface area contributed by atoms with Gasteiger partial charge in [0, 0.05) is 0 Å². The van der Waals surface area contributed by atoms with Crippen molar-refractivity contribution >= 4 is 0 Å². The Morgan fingerprint density at radius 3 is 2.19 bits per heavy atom. The van der Waals surface area contributed by atoms with Gasteiger partial charge in [0.15, 0.2) is 0 Å². The maximum Gasteiger partial charge on any atom is -0.0348 e. The van der Waals surface area contributed by atoms with Crippen molar-refractivity contribution in [2.24, 2.45) is 17.8 Å². The molecule has 0 saturated heterocycles. The molecule has 0 aliphatic carbocycles. The van der Waals surface area contributed by atoms with Crippen LogP contribution in [0.4, 0.5) is 0 Å². The van der Waals surface area contributed by atoms with Crippen LogP contribution < -0.4 is 0 Å². The molecule has 0 rings (SSSR count). The topological polar surface area (TPSA) is 0 Å². The Balaban J connectivity index is 3.70. The molecule has 0 aromatic heterocycles. The SMILES string of the molecule is CCC(C)CC(C)C(C)CCCC=C(C)C. The van der Waals surface area contributed by atoms with Gasteiger partial charge >= 0.3 is 0 Å². The molecule has 3 atom stereocenters.